The molecule has 70 valence electrons. The summed E-state index contributed by atoms with van der Waals surface area (Å²) in [4.78, 5) is 1.22. The van der Waals surface area contributed by atoms with E-state index in [4.69, 9.17) is 10.2 Å². The van der Waals surface area contributed by atoms with Gasteiger partial charge in [-0.2, -0.15) is 0 Å². The minimum atomic E-state index is -1.78. The van der Waals surface area contributed by atoms with Gasteiger partial charge >= 0.3 is 0 Å². The second-order valence-corrected chi connectivity index (χ2v) is 2.88. The Morgan fingerprint density at radius 3 is 2.62 bits per heavy atom. The highest BCUT2D eigenvalue weighted by molar-refractivity contribution is 5.14. The van der Waals surface area contributed by atoms with E-state index >= 15 is 0 Å². The van der Waals surface area contributed by atoms with Gasteiger partial charge in [-0.15, -0.1) is 0 Å². The fourth-order valence-electron chi connectivity index (χ4n) is 1.23. The Labute approximate surface area is 84.7 Å². The average molecular weight is 181 g/mol. The summed E-state index contributed by atoms with van der Waals surface area (Å²) in [6.07, 6.45) is 0. The van der Waals surface area contributed by atoms with Gasteiger partial charge in [-0.05, 0) is 5.56 Å². The first-order chi connectivity index (χ1) is 7.92. The van der Waals surface area contributed by atoms with Crippen LogP contribution in [0.4, 0.5) is 0 Å². The zero-order chi connectivity index (χ0) is 12.5. The summed E-state index contributed by atoms with van der Waals surface area (Å²) >= 11 is 0. The van der Waals surface area contributed by atoms with E-state index in [0.29, 0.717) is 0 Å². The molecule has 1 aromatic carbocycles. The minimum Gasteiger partial charge on any atom is -0.379 e. The van der Waals surface area contributed by atoms with E-state index in [1.807, 2.05) is 30.3 Å². The molecule has 0 aromatic heterocycles. The Kier molecular flexibility index (Phi) is 1.73. The molecule has 2 nitrogen and oxygen atoms in total. The van der Waals surface area contributed by atoms with Crippen molar-refractivity contribution in [3.05, 3.63) is 35.9 Å². The summed E-state index contributed by atoms with van der Waals surface area (Å²) in [5.41, 5.74) is 0.891. The molecule has 1 aliphatic rings. The molecule has 1 fully saturated rings. The molecule has 0 spiro atoms. The molecule has 2 heteroatoms. The van der Waals surface area contributed by atoms with Crippen LogP contribution in [0.1, 0.15) is 11.0 Å². The van der Waals surface area contributed by atoms with Crippen molar-refractivity contribution < 1.29 is 10.2 Å². The summed E-state index contributed by atoms with van der Waals surface area (Å²) in [7, 11) is 0. The van der Waals surface area contributed by atoms with Crippen LogP contribution in [0.25, 0.3) is 0 Å². The molecule has 0 N–H and O–H groups in total. The van der Waals surface area contributed by atoms with Crippen LogP contribution in [0.5, 0.6) is 0 Å². The van der Waals surface area contributed by atoms with Gasteiger partial charge in [-0.3, -0.25) is 4.90 Å². The number of morpholine rings is 1. The van der Waals surface area contributed by atoms with Gasteiger partial charge in [0.05, 0.1) is 13.2 Å². The average Bonchev–Trinajstić information content (AvgIpc) is 2.25. The maximum atomic E-state index is 7.82. The zero-order valence-electron chi connectivity index (χ0n) is 11.4. The molecule has 0 radical (unpaired) electrons. The molecule has 1 aliphatic heterocycles. The second-order valence-electron chi connectivity index (χ2n) is 2.88. The first-order valence-corrected chi connectivity index (χ1v) is 4.31. The van der Waals surface area contributed by atoms with Gasteiger partial charge in [0.1, 0.15) is 0 Å². The molecule has 13 heavy (non-hydrogen) atoms. The normalized spacial score (nSPS) is 31.1. The SMILES string of the molecule is [2H]C1([2H])COCC([2H])([2H])N1Cc1ccccc1. The molecule has 1 heterocycles. The van der Waals surface area contributed by atoms with Crippen LogP contribution in [0, 0.1) is 0 Å². The van der Waals surface area contributed by atoms with Crippen molar-refractivity contribution in [2.75, 3.05) is 26.2 Å². The maximum absolute atomic E-state index is 7.82. The number of rotatable bonds is 2. The van der Waals surface area contributed by atoms with Crippen LogP contribution in [-0.4, -0.2) is 31.1 Å². The summed E-state index contributed by atoms with van der Waals surface area (Å²) in [5.74, 6) is 0. The molecule has 0 bridgehead atoms. The predicted octanol–water partition coefficient (Wildman–Crippen LogP) is 1.52. The molecule has 1 aromatic rings. The van der Waals surface area contributed by atoms with Gasteiger partial charge in [-0.25, -0.2) is 0 Å². The quantitative estimate of drug-likeness (QED) is 0.686. The highest BCUT2D eigenvalue weighted by Crippen LogP contribution is 2.05. The van der Waals surface area contributed by atoms with Gasteiger partial charge in [0, 0.05) is 25.0 Å². The lowest BCUT2D eigenvalue weighted by molar-refractivity contribution is 0.0342. The van der Waals surface area contributed by atoms with Crippen LogP contribution in [0.2, 0.25) is 0 Å². The third-order valence-electron chi connectivity index (χ3n) is 1.90. The van der Waals surface area contributed by atoms with Gasteiger partial charge < -0.3 is 4.74 Å². The Hall–Kier alpha value is -0.860. The van der Waals surface area contributed by atoms with Crippen LogP contribution in [-0.2, 0) is 11.3 Å². The predicted molar refractivity (Wildman–Crippen MR) is 52.5 cm³/mol. The minimum absolute atomic E-state index is 0.0979. The Bertz CT molecular complexity index is 366. The number of hydrogen-bond donors (Lipinski definition) is 0. The molecular weight excluding hydrogens is 162 g/mol. The van der Waals surface area contributed by atoms with Crippen molar-refractivity contribution in [2.45, 2.75) is 6.54 Å². The fourth-order valence-corrected chi connectivity index (χ4v) is 1.23. The van der Waals surface area contributed by atoms with E-state index in [9.17, 15) is 0 Å². The monoisotopic (exact) mass is 181 g/mol. The zero-order valence-corrected chi connectivity index (χ0v) is 7.36. The van der Waals surface area contributed by atoms with E-state index in [-0.39, 0.29) is 19.8 Å². The first-order valence-electron chi connectivity index (χ1n) is 6.31. The topological polar surface area (TPSA) is 12.5 Å². The molecule has 0 atom stereocenters. The first kappa shape index (κ1) is 5.13. The third-order valence-corrected chi connectivity index (χ3v) is 1.90. The van der Waals surface area contributed by atoms with Crippen LogP contribution in [0.3, 0.4) is 0 Å². The number of benzene rings is 1. The summed E-state index contributed by atoms with van der Waals surface area (Å²) in [5, 5.41) is 0. The highest BCUT2D eigenvalue weighted by Gasteiger charge is 2.09. The lowest BCUT2D eigenvalue weighted by atomic mass is 10.2. The molecule has 0 unspecified atom stereocenters. The van der Waals surface area contributed by atoms with E-state index in [0.717, 1.165) is 5.56 Å². The highest BCUT2D eigenvalue weighted by atomic mass is 16.5. The lowest BCUT2D eigenvalue weighted by Gasteiger charge is -2.26. The standard InChI is InChI=1S/C11H15NO/c1-2-4-11(5-3-1)10-12-6-8-13-9-7-12/h1-5H,6-10H2/i6D2,7D2. The number of hydrogen-bond acceptors (Lipinski definition) is 2. The number of ether oxygens (including phenoxy) is 1. The fraction of sp³-hybridized carbons (Fsp3) is 0.455. The Balaban J connectivity index is 2.21. The second kappa shape index (κ2) is 4.40. The van der Waals surface area contributed by atoms with Crippen molar-refractivity contribution >= 4 is 0 Å². The largest absolute Gasteiger partial charge is 0.379 e. The van der Waals surface area contributed by atoms with Gasteiger partial charge in [0.15, 0.2) is 0 Å². The Morgan fingerprint density at radius 2 is 1.92 bits per heavy atom. The molecule has 0 amide bonds. The van der Waals surface area contributed by atoms with E-state index in [1.54, 1.807) is 0 Å². The van der Waals surface area contributed by atoms with Crippen molar-refractivity contribution in [3.8, 4) is 0 Å². The molecule has 2 rings (SSSR count). The van der Waals surface area contributed by atoms with Crippen molar-refractivity contribution in [1.82, 2.24) is 4.90 Å². The molecule has 0 saturated carbocycles. The maximum Gasteiger partial charge on any atom is 0.0594 e. The molecule has 0 aliphatic carbocycles. The summed E-state index contributed by atoms with van der Waals surface area (Å²) < 4.78 is 36.2. The van der Waals surface area contributed by atoms with E-state index < -0.39 is 13.0 Å². The van der Waals surface area contributed by atoms with Gasteiger partial charge in [0.25, 0.3) is 0 Å². The van der Waals surface area contributed by atoms with Crippen LogP contribution >= 0.6 is 0 Å². The van der Waals surface area contributed by atoms with Crippen molar-refractivity contribution in [2.24, 2.45) is 0 Å². The third kappa shape index (κ3) is 2.54. The molecule has 1 saturated heterocycles. The summed E-state index contributed by atoms with van der Waals surface area (Å²) in [6, 6.07) is 9.33. The van der Waals surface area contributed by atoms with Crippen LogP contribution < -0.4 is 0 Å². The van der Waals surface area contributed by atoms with Crippen molar-refractivity contribution in [3.63, 3.8) is 0 Å². The Morgan fingerprint density at radius 1 is 1.23 bits per heavy atom. The number of nitrogens with zero attached hydrogens (tertiary/aromatic N) is 1. The van der Waals surface area contributed by atoms with Crippen molar-refractivity contribution in [1.29, 1.82) is 0 Å². The van der Waals surface area contributed by atoms with Gasteiger partial charge in [0.2, 0.25) is 0 Å². The lowest BCUT2D eigenvalue weighted by Crippen LogP contribution is -2.35. The van der Waals surface area contributed by atoms with Gasteiger partial charge in [-0.1, -0.05) is 30.3 Å². The molecular formula is C11H15NO. The van der Waals surface area contributed by atoms with Crippen LogP contribution in [0.15, 0.2) is 30.3 Å². The van der Waals surface area contributed by atoms with E-state index in [1.165, 1.54) is 4.90 Å². The smallest absolute Gasteiger partial charge is 0.0594 e. The summed E-state index contributed by atoms with van der Waals surface area (Å²) in [6.45, 7) is -3.52. The van der Waals surface area contributed by atoms with E-state index in [2.05, 4.69) is 0 Å².